The van der Waals surface area contributed by atoms with E-state index < -0.39 is 9.84 Å². The molecule has 1 N–H and O–H groups in total. The van der Waals surface area contributed by atoms with Crippen molar-refractivity contribution in [1.82, 2.24) is 20.3 Å². The molecule has 6 heterocycles. The molecule has 2 unspecified atom stereocenters. The highest BCUT2D eigenvalue weighted by Crippen LogP contribution is 2.40. The van der Waals surface area contributed by atoms with E-state index in [1.165, 1.54) is 30.6 Å². The molecule has 3 aliphatic rings. The van der Waals surface area contributed by atoms with Crippen LogP contribution in [0.15, 0.2) is 61.3 Å². The molecule has 11 heteroatoms. The second-order valence-corrected chi connectivity index (χ2v) is 12.0. The molecule has 0 spiro atoms. The molecule has 7 rings (SSSR count). The number of oxazole rings is 1. The molecule has 3 saturated heterocycles. The Morgan fingerprint density at radius 3 is 2.66 bits per heavy atom. The van der Waals surface area contributed by atoms with Crippen LogP contribution >= 0.6 is 23.1 Å². The molecular weight excluding hydrogens is 466 g/mol. The lowest BCUT2D eigenvalue weighted by Gasteiger charge is -2.47. The van der Waals surface area contributed by atoms with Crippen LogP contribution in [0, 0.1) is 0 Å². The van der Waals surface area contributed by atoms with Gasteiger partial charge in [-0.15, -0.1) is 11.3 Å². The number of rotatable bonds is 5. The molecule has 3 aromatic heterocycles. The smallest absolute Gasteiger partial charge is 0.298 e. The minimum atomic E-state index is -3.28. The van der Waals surface area contributed by atoms with E-state index in [9.17, 15) is 8.42 Å². The van der Waals surface area contributed by atoms with Crippen LogP contribution in [0.3, 0.4) is 0 Å². The van der Waals surface area contributed by atoms with Crippen molar-refractivity contribution >= 4 is 50.1 Å². The van der Waals surface area contributed by atoms with Crippen molar-refractivity contribution in [2.75, 3.05) is 24.2 Å². The monoisotopic (exact) mass is 485 g/mol. The third-order valence-electron chi connectivity index (χ3n) is 5.70. The molecule has 8 nitrogen and oxygen atoms in total. The van der Waals surface area contributed by atoms with Gasteiger partial charge in [0, 0.05) is 54.1 Å². The summed E-state index contributed by atoms with van der Waals surface area (Å²) in [7, 11) is -3.28. The summed E-state index contributed by atoms with van der Waals surface area (Å²) in [6.07, 6.45) is 5.55. The van der Waals surface area contributed by atoms with E-state index in [1.54, 1.807) is 29.7 Å². The first kappa shape index (κ1) is 20.2. The van der Waals surface area contributed by atoms with Crippen LogP contribution in [-0.2, 0) is 9.84 Å². The average molecular weight is 486 g/mol. The van der Waals surface area contributed by atoms with Gasteiger partial charge in [-0.05, 0) is 30.7 Å². The molecule has 2 atom stereocenters. The maximum absolute atomic E-state index is 11.7. The number of thiazole rings is 1. The number of aromatic nitrogens is 3. The van der Waals surface area contributed by atoms with Crippen molar-refractivity contribution in [3.8, 4) is 10.6 Å². The van der Waals surface area contributed by atoms with Crippen molar-refractivity contribution in [3.63, 3.8) is 0 Å². The highest BCUT2D eigenvalue weighted by atomic mass is 32.2. The lowest BCUT2D eigenvalue weighted by Crippen LogP contribution is -2.67. The molecule has 3 fully saturated rings. The fraction of sp³-hybridized carbons (Fsp3) is 0.286. The Labute approximate surface area is 193 Å². The fourth-order valence-corrected chi connectivity index (χ4v) is 6.20. The minimum absolute atomic E-state index is 0.201. The number of fused-ring (bicyclic) bond motifs is 3. The van der Waals surface area contributed by atoms with Gasteiger partial charge in [0.05, 0.1) is 10.5 Å². The van der Waals surface area contributed by atoms with E-state index >= 15 is 0 Å². The van der Waals surface area contributed by atoms with E-state index in [2.05, 4.69) is 20.2 Å². The van der Waals surface area contributed by atoms with E-state index in [4.69, 9.17) is 9.40 Å². The third-order valence-corrected chi connectivity index (χ3v) is 8.61. The number of nitrogens with zero attached hydrogens (tertiary/aromatic N) is 4. The number of hydrogen-bond donors (Lipinski definition) is 1. The van der Waals surface area contributed by atoms with Crippen LogP contribution in [-0.4, -0.2) is 54.8 Å². The topological polar surface area (TPSA) is 101 Å². The molecule has 2 bridgehead atoms. The van der Waals surface area contributed by atoms with Gasteiger partial charge in [-0.25, -0.2) is 18.4 Å². The summed E-state index contributed by atoms with van der Waals surface area (Å²) >= 11 is 2.99. The van der Waals surface area contributed by atoms with Gasteiger partial charge >= 0.3 is 0 Å². The maximum Gasteiger partial charge on any atom is 0.298 e. The van der Waals surface area contributed by atoms with Crippen LogP contribution in [0.25, 0.3) is 21.7 Å². The normalized spacial score (nSPS) is 20.5. The first-order valence-electron chi connectivity index (χ1n) is 10.1. The van der Waals surface area contributed by atoms with Gasteiger partial charge in [0.25, 0.3) is 6.01 Å². The molecule has 0 saturated carbocycles. The number of piperidine rings is 1. The molecule has 4 aromatic rings. The zero-order valence-corrected chi connectivity index (χ0v) is 19.5. The van der Waals surface area contributed by atoms with Gasteiger partial charge in [-0.1, -0.05) is 11.8 Å². The summed E-state index contributed by atoms with van der Waals surface area (Å²) in [5.74, 6) is 0. The maximum atomic E-state index is 11.7. The highest BCUT2D eigenvalue weighted by Gasteiger charge is 2.38. The number of nitrogens with one attached hydrogen (secondary N) is 1. The number of pyridine rings is 1. The summed E-state index contributed by atoms with van der Waals surface area (Å²) in [5, 5.41) is 7.04. The summed E-state index contributed by atoms with van der Waals surface area (Å²) < 4.78 is 29.8. The predicted molar refractivity (Wildman–Crippen MR) is 124 cm³/mol. The van der Waals surface area contributed by atoms with Gasteiger partial charge in [0.15, 0.2) is 15.4 Å². The number of benzene rings is 1. The molecular formula is C21H19N5O3S3. The summed E-state index contributed by atoms with van der Waals surface area (Å²) in [6.45, 7) is 1.76. The molecule has 0 radical (unpaired) electrons. The van der Waals surface area contributed by atoms with Crippen LogP contribution in [0.1, 0.15) is 6.42 Å². The zero-order chi connectivity index (χ0) is 21.9. The van der Waals surface area contributed by atoms with E-state index in [0.717, 1.165) is 34.1 Å². The van der Waals surface area contributed by atoms with Gasteiger partial charge in [-0.3, -0.25) is 0 Å². The molecule has 0 amide bonds. The van der Waals surface area contributed by atoms with Gasteiger partial charge in [-0.2, -0.15) is 4.98 Å². The van der Waals surface area contributed by atoms with Gasteiger partial charge in [0.2, 0.25) is 0 Å². The molecule has 1 aromatic carbocycles. The SMILES string of the molecule is CS(=O)(=O)c1ccc(Sc2ccc(-c3nccs3)c3oc(N4CC5CC(C4)N5)nc23)nc1. The van der Waals surface area contributed by atoms with Crippen molar-refractivity contribution in [2.45, 2.75) is 33.3 Å². The Bertz CT molecular complexity index is 1380. The van der Waals surface area contributed by atoms with Crippen LogP contribution in [0.2, 0.25) is 0 Å². The van der Waals surface area contributed by atoms with E-state index in [1.807, 2.05) is 17.5 Å². The van der Waals surface area contributed by atoms with Crippen LogP contribution < -0.4 is 10.2 Å². The highest BCUT2D eigenvalue weighted by molar-refractivity contribution is 7.99. The average Bonchev–Trinajstić information content (AvgIpc) is 3.44. The van der Waals surface area contributed by atoms with Crippen molar-refractivity contribution in [2.24, 2.45) is 0 Å². The summed E-state index contributed by atoms with van der Waals surface area (Å²) in [5.41, 5.74) is 2.39. The fourth-order valence-electron chi connectivity index (χ4n) is 4.14. The lowest BCUT2D eigenvalue weighted by atomic mass is 9.92. The minimum Gasteiger partial charge on any atom is -0.423 e. The number of piperazine rings is 1. The molecule has 32 heavy (non-hydrogen) atoms. The molecule has 164 valence electrons. The first-order valence-corrected chi connectivity index (χ1v) is 13.7. The quantitative estimate of drug-likeness (QED) is 0.455. The van der Waals surface area contributed by atoms with Crippen LogP contribution in [0.5, 0.6) is 0 Å². The van der Waals surface area contributed by atoms with Crippen molar-refractivity contribution in [3.05, 3.63) is 42.0 Å². The summed E-state index contributed by atoms with van der Waals surface area (Å²) in [4.78, 5) is 17.0. The second-order valence-electron chi connectivity index (χ2n) is 8.03. The first-order chi connectivity index (χ1) is 15.4. The van der Waals surface area contributed by atoms with Crippen LogP contribution in [0.4, 0.5) is 6.01 Å². The standard InChI is InChI=1S/C21H19N5O3S3/c1-32(27,28)14-2-5-17(23-9-14)31-16-4-3-15(20-22-6-7-30-20)19-18(16)25-21(29-19)26-10-12-8-13(11-26)24-12/h2-7,9,12-13,24H,8,10-11H2,1H3. The Balaban J connectivity index is 1.40. The van der Waals surface area contributed by atoms with Crippen molar-refractivity contribution in [1.29, 1.82) is 0 Å². The molecule has 3 aliphatic heterocycles. The Kier molecular flexibility index (Phi) is 4.75. The van der Waals surface area contributed by atoms with E-state index in [0.29, 0.717) is 28.7 Å². The molecule has 0 aliphatic carbocycles. The second kappa shape index (κ2) is 7.55. The van der Waals surface area contributed by atoms with Gasteiger partial charge in [0.1, 0.15) is 15.6 Å². The number of anilines is 1. The van der Waals surface area contributed by atoms with Crippen molar-refractivity contribution < 1.29 is 12.8 Å². The summed E-state index contributed by atoms with van der Waals surface area (Å²) in [6, 6.07) is 8.90. The predicted octanol–water partition coefficient (Wildman–Crippen LogP) is 3.45. The van der Waals surface area contributed by atoms with Gasteiger partial charge < -0.3 is 14.6 Å². The largest absolute Gasteiger partial charge is 0.423 e. The number of hydrogen-bond acceptors (Lipinski definition) is 10. The lowest BCUT2D eigenvalue weighted by molar-refractivity contribution is 0.220. The Morgan fingerprint density at radius 2 is 2.00 bits per heavy atom. The number of sulfone groups is 1. The van der Waals surface area contributed by atoms with E-state index in [-0.39, 0.29) is 4.90 Å². The Morgan fingerprint density at radius 1 is 1.19 bits per heavy atom. The Hall–Kier alpha value is -2.47. The zero-order valence-electron chi connectivity index (χ0n) is 17.1. The third kappa shape index (κ3) is 3.58.